The molecule has 0 aromatic heterocycles. The number of halogens is 1. The van der Waals surface area contributed by atoms with E-state index in [4.69, 9.17) is 16.3 Å². The van der Waals surface area contributed by atoms with Crippen LogP contribution >= 0.6 is 11.6 Å². The van der Waals surface area contributed by atoms with E-state index in [1.165, 1.54) is 6.08 Å². The Balaban J connectivity index is 1.77. The van der Waals surface area contributed by atoms with Crippen molar-refractivity contribution in [3.05, 3.63) is 112 Å². The fourth-order valence-corrected chi connectivity index (χ4v) is 4.49. The summed E-state index contributed by atoms with van der Waals surface area (Å²) in [5.41, 5.74) is 0.520. The largest absolute Gasteiger partial charge is 0.425 e. The van der Waals surface area contributed by atoms with E-state index in [2.05, 4.69) is 0 Å². The average Bonchev–Trinajstić information content (AvgIpc) is 3.04. The molecule has 5 rings (SSSR count). The van der Waals surface area contributed by atoms with E-state index >= 15 is 0 Å². The number of esters is 1. The van der Waals surface area contributed by atoms with Crippen LogP contribution in [0.4, 0.5) is 0 Å². The van der Waals surface area contributed by atoms with Gasteiger partial charge in [0.05, 0.1) is 0 Å². The van der Waals surface area contributed by atoms with Crippen LogP contribution in [-0.4, -0.2) is 17.5 Å². The van der Waals surface area contributed by atoms with Gasteiger partial charge in [-0.05, 0) is 30.2 Å². The molecule has 0 saturated heterocycles. The molecule has 4 nitrogen and oxygen atoms in total. The highest BCUT2D eigenvalue weighted by atomic mass is 35.5. The Labute approximate surface area is 177 Å². The highest BCUT2D eigenvalue weighted by Gasteiger charge is 2.55. The summed E-state index contributed by atoms with van der Waals surface area (Å²) in [7, 11) is 0. The molecule has 1 heterocycles. The number of ether oxygens (including phenoxy) is 1. The normalized spacial score (nSPS) is 19.8. The van der Waals surface area contributed by atoms with Crippen molar-refractivity contribution in [1.82, 2.24) is 0 Å². The summed E-state index contributed by atoms with van der Waals surface area (Å²) in [5, 5.41) is 0.477. The van der Waals surface area contributed by atoms with Gasteiger partial charge in [0.25, 0.3) is 0 Å². The molecule has 0 spiro atoms. The van der Waals surface area contributed by atoms with Gasteiger partial charge in [-0.15, -0.1) is 0 Å². The molecular weight excluding hydrogens is 400 g/mol. The smallest absolute Gasteiger partial charge is 0.327 e. The molecule has 2 aliphatic rings. The third-order valence-corrected chi connectivity index (χ3v) is 6.10. The molecule has 1 aliphatic heterocycles. The Morgan fingerprint density at radius 1 is 0.800 bits per heavy atom. The van der Waals surface area contributed by atoms with Crippen molar-refractivity contribution < 1.29 is 19.1 Å². The molecule has 30 heavy (non-hydrogen) atoms. The molecule has 1 atom stereocenters. The van der Waals surface area contributed by atoms with Crippen LogP contribution in [0.1, 0.15) is 31.8 Å². The number of rotatable bonds is 3. The summed E-state index contributed by atoms with van der Waals surface area (Å²) in [6, 6.07) is 20.8. The maximum atomic E-state index is 13.5. The third kappa shape index (κ3) is 2.57. The van der Waals surface area contributed by atoms with Crippen LogP contribution in [-0.2, 0) is 16.6 Å². The lowest BCUT2D eigenvalue weighted by atomic mass is 9.66. The molecule has 3 aromatic carbocycles. The van der Waals surface area contributed by atoms with Crippen LogP contribution in [0, 0.1) is 0 Å². The van der Waals surface area contributed by atoms with E-state index in [-0.39, 0.29) is 29.1 Å². The molecule has 3 aromatic rings. The Morgan fingerprint density at radius 3 is 2.27 bits per heavy atom. The lowest BCUT2D eigenvalue weighted by Gasteiger charge is -2.30. The van der Waals surface area contributed by atoms with E-state index in [1.54, 1.807) is 60.7 Å². The predicted octanol–water partition coefficient (Wildman–Crippen LogP) is 4.75. The number of hydrogen-bond donors (Lipinski definition) is 0. The van der Waals surface area contributed by atoms with Gasteiger partial charge in [0.15, 0.2) is 11.6 Å². The number of carbonyl (C=O) groups excluding carboxylic acids is 3. The summed E-state index contributed by atoms with van der Waals surface area (Å²) < 4.78 is 5.57. The second kappa shape index (κ2) is 6.78. The third-order valence-electron chi connectivity index (χ3n) is 5.73. The number of ketones is 2. The molecular formula is C25H15ClO4. The second-order valence-corrected chi connectivity index (χ2v) is 7.76. The highest BCUT2D eigenvalue weighted by Crippen LogP contribution is 2.49. The first-order valence-electron chi connectivity index (χ1n) is 9.48. The van der Waals surface area contributed by atoms with Crippen molar-refractivity contribution in [2.75, 3.05) is 0 Å². The zero-order chi connectivity index (χ0) is 20.9. The average molecular weight is 415 g/mol. The van der Waals surface area contributed by atoms with Crippen LogP contribution in [0.2, 0.25) is 5.02 Å². The topological polar surface area (TPSA) is 60.4 Å². The fourth-order valence-electron chi connectivity index (χ4n) is 4.28. The number of hydrogen-bond acceptors (Lipinski definition) is 4. The highest BCUT2D eigenvalue weighted by molar-refractivity contribution is 6.31. The van der Waals surface area contributed by atoms with Crippen molar-refractivity contribution >= 4 is 29.1 Å². The van der Waals surface area contributed by atoms with E-state index < -0.39 is 11.4 Å². The Morgan fingerprint density at radius 2 is 1.47 bits per heavy atom. The molecule has 146 valence electrons. The van der Waals surface area contributed by atoms with Gasteiger partial charge in [-0.2, -0.15) is 0 Å². The summed E-state index contributed by atoms with van der Waals surface area (Å²) in [6.07, 6.45) is 1.39. The van der Waals surface area contributed by atoms with Gasteiger partial charge in [0, 0.05) is 27.3 Å². The predicted molar refractivity (Wildman–Crippen MR) is 112 cm³/mol. The van der Waals surface area contributed by atoms with Crippen LogP contribution in [0.15, 0.2) is 84.4 Å². The number of Topliss-reactive ketones (excluding diaryl/α,β-unsaturated/α-hetero) is 1. The van der Waals surface area contributed by atoms with Crippen LogP contribution < -0.4 is 4.74 Å². The maximum Gasteiger partial charge on any atom is 0.327 e. The Bertz CT molecular complexity index is 1270. The quantitative estimate of drug-likeness (QED) is 0.458. The molecule has 0 fully saturated rings. The molecule has 0 radical (unpaired) electrons. The van der Waals surface area contributed by atoms with Crippen molar-refractivity contribution in [3.8, 4) is 5.75 Å². The summed E-state index contributed by atoms with van der Waals surface area (Å²) in [5.74, 6) is -0.869. The van der Waals surface area contributed by atoms with Crippen molar-refractivity contribution in [1.29, 1.82) is 0 Å². The standard InChI is InChI=1S/C25H15ClO4/c26-20-11-5-1-7-15(20)14-25(18-10-4-6-12-22(18)30-24(25)29)19-13-21(27)16-8-2-3-9-17(16)23(19)28/h1-13H,14H2/t25-/m1/s1. The van der Waals surface area contributed by atoms with Gasteiger partial charge in [0.2, 0.25) is 0 Å². The number of fused-ring (bicyclic) bond motifs is 2. The minimum Gasteiger partial charge on any atom is -0.425 e. The van der Waals surface area contributed by atoms with Crippen molar-refractivity contribution in [3.63, 3.8) is 0 Å². The lowest BCUT2D eigenvalue weighted by molar-refractivity contribution is -0.136. The molecule has 0 saturated carbocycles. The van der Waals surface area contributed by atoms with E-state index in [9.17, 15) is 14.4 Å². The number of benzene rings is 3. The molecule has 5 heteroatoms. The van der Waals surface area contributed by atoms with Crippen molar-refractivity contribution in [2.45, 2.75) is 11.8 Å². The Hall–Kier alpha value is -3.50. The first-order chi connectivity index (χ1) is 14.5. The summed E-state index contributed by atoms with van der Waals surface area (Å²) >= 11 is 6.40. The van der Waals surface area contributed by atoms with E-state index in [0.29, 0.717) is 27.5 Å². The van der Waals surface area contributed by atoms with Crippen molar-refractivity contribution in [2.24, 2.45) is 0 Å². The fraction of sp³-hybridized carbons (Fsp3) is 0.0800. The SMILES string of the molecule is O=C1C=C([C@]2(Cc3ccccc3Cl)C(=O)Oc3ccccc32)C(=O)c2ccccc21. The second-order valence-electron chi connectivity index (χ2n) is 7.36. The Kier molecular flexibility index (Phi) is 4.19. The number of allylic oxidation sites excluding steroid dienone is 1. The van der Waals surface area contributed by atoms with Gasteiger partial charge in [-0.3, -0.25) is 14.4 Å². The molecule has 1 aliphatic carbocycles. The van der Waals surface area contributed by atoms with Crippen LogP contribution in [0.3, 0.4) is 0 Å². The minimum absolute atomic E-state index is 0.107. The molecule has 0 N–H and O–H groups in total. The maximum absolute atomic E-state index is 13.5. The molecule has 0 bridgehead atoms. The number of carbonyl (C=O) groups is 3. The van der Waals surface area contributed by atoms with Gasteiger partial charge in [0.1, 0.15) is 11.2 Å². The monoisotopic (exact) mass is 414 g/mol. The first-order valence-corrected chi connectivity index (χ1v) is 9.85. The van der Waals surface area contributed by atoms with Gasteiger partial charge in [-0.1, -0.05) is 72.3 Å². The summed E-state index contributed by atoms with van der Waals surface area (Å²) in [6.45, 7) is 0. The van der Waals surface area contributed by atoms with E-state index in [1.807, 2.05) is 12.1 Å². The van der Waals surface area contributed by atoms with Gasteiger partial charge >= 0.3 is 5.97 Å². The van der Waals surface area contributed by atoms with E-state index in [0.717, 1.165) is 0 Å². The lowest BCUT2D eigenvalue weighted by Crippen LogP contribution is -2.42. The molecule has 0 amide bonds. The number of para-hydroxylation sites is 1. The van der Waals surface area contributed by atoms with Gasteiger partial charge < -0.3 is 4.74 Å². The summed E-state index contributed by atoms with van der Waals surface area (Å²) in [4.78, 5) is 39.8. The first kappa shape index (κ1) is 18.5. The zero-order valence-corrected chi connectivity index (χ0v) is 16.5. The molecule has 0 unspecified atom stereocenters. The van der Waals surface area contributed by atoms with Crippen LogP contribution in [0.25, 0.3) is 0 Å². The van der Waals surface area contributed by atoms with Crippen LogP contribution in [0.5, 0.6) is 5.75 Å². The minimum atomic E-state index is -1.46. The zero-order valence-electron chi connectivity index (χ0n) is 15.7. The van der Waals surface area contributed by atoms with Gasteiger partial charge in [-0.25, -0.2) is 0 Å².